The van der Waals surface area contributed by atoms with E-state index in [4.69, 9.17) is 0 Å². The van der Waals surface area contributed by atoms with Crippen LogP contribution in [0.1, 0.15) is 0 Å². The van der Waals surface area contributed by atoms with Crippen molar-refractivity contribution >= 4 is 23.0 Å². The van der Waals surface area contributed by atoms with Crippen molar-refractivity contribution in [2.75, 3.05) is 5.32 Å². The third kappa shape index (κ3) is 3.03. The Morgan fingerprint density at radius 3 is 2.39 bits per heavy atom. The molecule has 1 amide bonds. The fourth-order valence-corrected chi connectivity index (χ4v) is 3.08. The van der Waals surface area contributed by atoms with Gasteiger partial charge in [0.25, 0.3) is 0 Å². The van der Waals surface area contributed by atoms with Crippen molar-refractivity contribution < 1.29 is 13.6 Å². The normalized spacial score (nSPS) is 10.8. The maximum absolute atomic E-state index is 14.8. The molecule has 4 aromatic rings. The van der Waals surface area contributed by atoms with Gasteiger partial charge in [0.1, 0.15) is 17.3 Å². The van der Waals surface area contributed by atoms with Crippen molar-refractivity contribution in [2.24, 2.45) is 0 Å². The molecule has 0 saturated carbocycles. The number of anilines is 1. The number of rotatable bonds is 4. The minimum absolute atomic E-state index is 0.0112. The zero-order valence-electron chi connectivity index (χ0n) is 14.4. The smallest absolute Gasteiger partial charge is 0.212 e. The van der Waals surface area contributed by atoms with E-state index in [1.165, 1.54) is 30.5 Å². The van der Waals surface area contributed by atoms with E-state index < -0.39 is 17.1 Å². The Balaban J connectivity index is 2.07. The summed E-state index contributed by atoms with van der Waals surface area (Å²) in [6.45, 7) is 0. The Morgan fingerprint density at radius 2 is 1.71 bits per heavy atom. The van der Waals surface area contributed by atoms with Crippen molar-refractivity contribution in [1.82, 2.24) is 9.55 Å². The van der Waals surface area contributed by atoms with Crippen LogP contribution >= 0.6 is 0 Å². The largest absolute Gasteiger partial charge is 0.324 e. The Hall–Kier alpha value is -3.87. The van der Waals surface area contributed by atoms with E-state index in [1.54, 1.807) is 35.2 Å². The lowest BCUT2D eigenvalue weighted by Gasteiger charge is -2.15. The van der Waals surface area contributed by atoms with Gasteiger partial charge in [-0.3, -0.25) is 14.6 Å². The minimum Gasteiger partial charge on any atom is -0.324 e. The van der Waals surface area contributed by atoms with E-state index in [2.05, 4.69) is 10.3 Å². The maximum atomic E-state index is 14.8. The van der Waals surface area contributed by atoms with Crippen molar-refractivity contribution in [3.63, 3.8) is 0 Å². The molecule has 0 unspecified atom stereocenters. The van der Waals surface area contributed by atoms with Gasteiger partial charge in [-0.25, -0.2) is 8.78 Å². The Morgan fingerprint density at radius 1 is 1.00 bits per heavy atom. The second kappa shape index (κ2) is 7.03. The fourth-order valence-electron chi connectivity index (χ4n) is 3.08. The molecule has 0 aliphatic heterocycles. The number of nitrogens with zero attached hydrogens (tertiary/aromatic N) is 2. The average molecular weight is 377 g/mol. The number of benzene rings is 2. The van der Waals surface area contributed by atoms with Crippen LogP contribution in [-0.2, 0) is 4.79 Å². The van der Waals surface area contributed by atoms with Gasteiger partial charge in [0, 0.05) is 29.8 Å². The number of nitrogens with one attached hydrogen (secondary N) is 1. The summed E-state index contributed by atoms with van der Waals surface area (Å²) in [6.07, 6.45) is 4.89. The van der Waals surface area contributed by atoms with Gasteiger partial charge in [-0.15, -0.1) is 0 Å². The fraction of sp³-hybridized carbons (Fsp3) is 0. The van der Waals surface area contributed by atoms with Crippen molar-refractivity contribution in [2.45, 2.75) is 0 Å². The van der Waals surface area contributed by atoms with Gasteiger partial charge in [-0.2, -0.15) is 0 Å². The highest BCUT2D eigenvalue weighted by Gasteiger charge is 2.15. The Bertz CT molecular complexity index is 1240. The summed E-state index contributed by atoms with van der Waals surface area (Å²) in [6, 6.07) is 11.6. The Kier molecular flexibility index (Phi) is 4.41. The molecule has 0 aliphatic rings. The van der Waals surface area contributed by atoms with E-state index in [-0.39, 0.29) is 11.1 Å². The first-order chi connectivity index (χ1) is 13.6. The lowest BCUT2D eigenvalue weighted by molar-refractivity contribution is -0.105. The van der Waals surface area contributed by atoms with Crippen LogP contribution < -0.4 is 10.7 Å². The second-order valence-corrected chi connectivity index (χ2v) is 6.07. The van der Waals surface area contributed by atoms with E-state index in [9.17, 15) is 18.4 Å². The molecule has 138 valence electrons. The number of carbonyl (C=O) groups is 1. The van der Waals surface area contributed by atoms with E-state index in [0.29, 0.717) is 28.7 Å². The van der Waals surface area contributed by atoms with Crippen molar-refractivity contribution in [3.8, 4) is 16.8 Å². The average Bonchev–Trinajstić information content (AvgIpc) is 2.71. The lowest BCUT2D eigenvalue weighted by atomic mass is 10.0. The first kappa shape index (κ1) is 17.5. The van der Waals surface area contributed by atoms with Crippen LogP contribution in [0.4, 0.5) is 14.5 Å². The third-order valence-electron chi connectivity index (χ3n) is 4.40. The number of aromatic nitrogens is 2. The number of amides is 1. The van der Waals surface area contributed by atoms with Gasteiger partial charge in [0.15, 0.2) is 0 Å². The predicted octanol–water partition coefficient (Wildman–Crippen LogP) is 3.90. The zero-order valence-corrected chi connectivity index (χ0v) is 14.4. The molecule has 0 aliphatic carbocycles. The summed E-state index contributed by atoms with van der Waals surface area (Å²) in [4.78, 5) is 27.5. The molecular formula is C21H13F2N3O2. The standard InChI is InChI=1S/C21H13F2N3O2/c22-14-1-3-15(4-2-14)26-11-19(25-12-27)21(28)17-9-18(23)16(10-20(17)26)13-5-7-24-8-6-13/h1-12H,(H,25,27). The molecule has 0 spiro atoms. The van der Waals surface area contributed by atoms with Crippen LogP contribution in [0.15, 0.2) is 71.9 Å². The van der Waals surface area contributed by atoms with E-state index in [1.807, 2.05) is 0 Å². The highest BCUT2D eigenvalue weighted by atomic mass is 19.1. The molecule has 7 heteroatoms. The molecule has 0 radical (unpaired) electrons. The predicted molar refractivity (Wildman–Crippen MR) is 102 cm³/mol. The number of carbonyl (C=O) groups excluding carboxylic acids is 1. The van der Waals surface area contributed by atoms with Crippen LogP contribution in [0.25, 0.3) is 27.7 Å². The third-order valence-corrected chi connectivity index (χ3v) is 4.40. The van der Waals surface area contributed by atoms with E-state index >= 15 is 0 Å². The molecular weight excluding hydrogens is 364 g/mol. The summed E-state index contributed by atoms with van der Waals surface area (Å²) < 4.78 is 29.7. The van der Waals surface area contributed by atoms with Crippen molar-refractivity contribution in [3.05, 3.63) is 89.0 Å². The van der Waals surface area contributed by atoms with Gasteiger partial charge in [-0.05, 0) is 54.1 Å². The number of hydrogen-bond acceptors (Lipinski definition) is 3. The summed E-state index contributed by atoms with van der Waals surface area (Å²) >= 11 is 0. The molecule has 4 rings (SSSR count). The quantitative estimate of drug-likeness (QED) is 0.549. The van der Waals surface area contributed by atoms with Gasteiger partial charge in [-0.1, -0.05) is 0 Å². The highest BCUT2D eigenvalue weighted by Crippen LogP contribution is 2.28. The number of hydrogen-bond donors (Lipinski definition) is 1. The molecule has 0 bridgehead atoms. The molecule has 2 aromatic heterocycles. The molecule has 5 nitrogen and oxygen atoms in total. The van der Waals surface area contributed by atoms with Crippen LogP contribution in [0.3, 0.4) is 0 Å². The number of halogens is 2. The number of fused-ring (bicyclic) bond motifs is 1. The van der Waals surface area contributed by atoms with E-state index in [0.717, 1.165) is 6.07 Å². The first-order valence-electron chi connectivity index (χ1n) is 8.34. The second-order valence-electron chi connectivity index (χ2n) is 6.07. The minimum atomic E-state index is -0.579. The van der Waals surface area contributed by atoms with Gasteiger partial charge >= 0.3 is 0 Å². The number of pyridine rings is 2. The molecule has 0 atom stereocenters. The molecule has 28 heavy (non-hydrogen) atoms. The lowest BCUT2D eigenvalue weighted by Crippen LogP contribution is -2.15. The molecule has 0 saturated heterocycles. The highest BCUT2D eigenvalue weighted by molar-refractivity contribution is 5.89. The van der Waals surface area contributed by atoms with Gasteiger partial charge in [0.2, 0.25) is 11.8 Å². The van der Waals surface area contributed by atoms with Crippen molar-refractivity contribution in [1.29, 1.82) is 0 Å². The van der Waals surface area contributed by atoms with Gasteiger partial charge < -0.3 is 9.88 Å². The SMILES string of the molecule is O=CNc1cn(-c2ccc(F)cc2)c2cc(-c3ccncc3)c(F)cc2c1=O. The van der Waals surface area contributed by atoms with Crippen LogP contribution in [0.2, 0.25) is 0 Å². The maximum Gasteiger partial charge on any atom is 0.212 e. The molecule has 2 heterocycles. The van der Waals surface area contributed by atoms with Crippen LogP contribution in [-0.4, -0.2) is 16.0 Å². The molecule has 0 fully saturated rings. The summed E-state index contributed by atoms with van der Waals surface area (Å²) in [5, 5.41) is 2.43. The first-order valence-corrected chi connectivity index (χ1v) is 8.34. The van der Waals surface area contributed by atoms with Crippen LogP contribution in [0, 0.1) is 11.6 Å². The zero-order chi connectivity index (χ0) is 19.7. The monoisotopic (exact) mass is 377 g/mol. The topological polar surface area (TPSA) is 64.0 Å². The van der Waals surface area contributed by atoms with Crippen LogP contribution in [0.5, 0.6) is 0 Å². The summed E-state index contributed by atoms with van der Waals surface area (Å²) in [5.74, 6) is -0.992. The van der Waals surface area contributed by atoms with Gasteiger partial charge in [0.05, 0.1) is 10.9 Å². The summed E-state index contributed by atoms with van der Waals surface area (Å²) in [5.41, 5.74) is 1.33. The molecule has 1 N–H and O–H groups in total. The molecule has 2 aromatic carbocycles. The Labute approximate surface area is 157 Å². The summed E-state index contributed by atoms with van der Waals surface area (Å²) in [7, 11) is 0.